The third-order valence-electron chi connectivity index (χ3n) is 1.74. The molecule has 1 radical (unpaired) electrons. The molecule has 0 spiro atoms. The summed E-state index contributed by atoms with van der Waals surface area (Å²) in [6.45, 7) is 3.37. The molecular formula is C9H8F3Y-. The van der Waals surface area contributed by atoms with Crippen LogP contribution in [-0.4, -0.2) is 0 Å². The predicted octanol–water partition coefficient (Wildman–Crippen LogP) is 3.12. The normalized spacial score (nSPS) is 10.8. The van der Waals surface area contributed by atoms with Crippen molar-refractivity contribution in [3.63, 3.8) is 0 Å². The molecule has 0 aromatic heterocycles. The largest absolute Gasteiger partial charge is 0.370 e. The van der Waals surface area contributed by atoms with Crippen LogP contribution >= 0.6 is 0 Å². The minimum absolute atomic E-state index is 0. The van der Waals surface area contributed by atoms with E-state index < -0.39 is 11.7 Å². The molecule has 4 heteroatoms. The Hall–Kier alpha value is 0.114. The van der Waals surface area contributed by atoms with Crippen LogP contribution in [0.3, 0.4) is 0 Å². The number of alkyl halides is 3. The van der Waals surface area contributed by atoms with Gasteiger partial charge in [-0.2, -0.15) is 42.5 Å². The summed E-state index contributed by atoms with van der Waals surface area (Å²) in [7, 11) is 0. The zero-order chi connectivity index (χ0) is 9.35. The van der Waals surface area contributed by atoms with Gasteiger partial charge in [0.2, 0.25) is 0 Å². The summed E-state index contributed by atoms with van der Waals surface area (Å²) in [4.78, 5) is 0. The third kappa shape index (κ3) is 3.39. The zero-order valence-electron chi connectivity index (χ0n) is 7.37. The Balaban J connectivity index is 0.00000144. The van der Waals surface area contributed by atoms with Crippen molar-refractivity contribution in [2.24, 2.45) is 0 Å². The maximum atomic E-state index is 12.1. The van der Waals surface area contributed by atoms with Crippen LogP contribution in [0, 0.1) is 19.9 Å². The van der Waals surface area contributed by atoms with Gasteiger partial charge in [-0.1, -0.05) is 19.4 Å². The molecule has 0 unspecified atom stereocenters. The van der Waals surface area contributed by atoms with Crippen molar-refractivity contribution in [3.05, 3.63) is 34.9 Å². The molecule has 1 aromatic carbocycles. The number of rotatable bonds is 0. The topological polar surface area (TPSA) is 0 Å². The smallest absolute Gasteiger partial charge is 0.180 e. The zero-order valence-corrected chi connectivity index (χ0v) is 10.2. The van der Waals surface area contributed by atoms with Crippen molar-refractivity contribution in [2.75, 3.05) is 0 Å². The number of halogens is 3. The number of benzene rings is 1. The van der Waals surface area contributed by atoms with Crippen LogP contribution in [0.25, 0.3) is 0 Å². The third-order valence-corrected chi connectivity index (χ3v) is 1.74. The summed E-state index contributed by atoms with van der Waals surface area (Å²) in [6.07, 6.45) is -4.26. The minimum Gasteiger partial charge on any atom is -0.180 e. The van der Waals surface area contributed by atoms with Crippen LogP contribution in [0.2, 0.25) is 0 Å². The molecule has 69 valence electrons. The van der Waals surface area contributed by atoms with E-state index in [9.17, 15) is 13.2 Å². The first-order valence-corrected chi connectivity index (χ1v) is 3.47. The molecule has 0 atom stereocenters. The molecule has 13 heavy (non-hydrogen) atoms. The molecule has 0 aliphatic rings. The molecule has 0 saturated carbocycles. The van der Waals surface area contributed by atoms with Crippen LogP contribution in [0.15, 0.2) is 12.1 Å². The number of hydrogen-bond acceptors (Lipinski definition) is 0. The van der Waals surface area contributed by atoms with E-state index in [4.69, 9.17) is 0 Å². The molecule has 0 N–H and O–H groups in total. The summed E-state index contributed by atoms with van der Waals surface area (Å²) in [5, 5.41) is 0. The Kier molecular flexibility index (Phi) is 4.60. The molecule has 0 nitrogen and oxygen atoms in total. The monoisotopic (exact) mass is 262 g/mol. The molecule has 0 fully saturated rings. The van der Waals surface area contributed by atoms with Crippen molar-refractivity contribution < 1.29 is 45.9 Å². The number of hydrogen-bond donors (Lipinski definition) is 0. The van der Waals surface area contributed by atoms with Crippen LogP contribution in [0.1, 0.15) is 16.7 Å². The van der Waals surface area contributed by atoms with E-state index in [1.807, 2.05) is 0 Å². The van der Waals surface area contributed by atoms with E-state index in [2.05, 4.69) is 6.07 Å². The van der Waals surface area contributed by atoms with Gasteiger partial charge in [0.15, 0.2) is 0 Å². The average Bonchev–Trinajstić information content (AvgIpc) is 1.92. The fourth-order valence-electron chi connectivity index (χ4n) is 0.847. The van der Waals surface area contributed by atoms with Crippen molar-refractivity contribution in [3.8, 4) is 0 Å². The Morgan fingerprint density at radius 3 is 2.15 bits per heavy atom. The SMILES string of the molecule is Cc1[c-]cc(C(F)(F)F)cc1C.[Y]. The van der Waals surface area contributed by atoms with E-state index in [0.29, 0.717) is 5.56 Å². The Morgan fingerprint density at radius 1 is 1.23 bits per heavy atom. The van der Waals surface area contributed by atoms with Crippen LogP contribution in [0.5, 0.6) is 0 Å². The molecule has 0 heterocycles. The molecular weight excluding hydrogens is 254 g/mol. The Morgan fingerprint density at radius 2 is 1.77 bits per heavy atom. The molecule has 1 rings (SSSR count). The van der Waals surface area contributed by atoms with Crippen molar-refractivity contribution in [1.82, 2.24) is 0 Å². The van der Waals surface area contributed by atoms with Gasteiger partial charge < -0.3 is 0 Å². The van der Waals surface area contributed by atoms with Crippen LogP contribution in [0.4, 0.5) is 13.2 Å². The van der Waals surface area contributed by atoms with Crippen molar-refractivity contribution in [1.29, 1.82) is 0 Å². The fraction of sp³-hybridized carbons (Fsp3) is 0.333. The summed E-state index contributed by atoms with van der Waals surface area (Å²) >= 11 is 0. The van der Waals surface area contributed by atoms with Gasteiger partial charge in [-0.05, 0) is 0 Å². The molecule has 1 aromatic rings. The van der Waals surface area contributed by atoms with E-state index in [1.165, 1.54) is 0 Å². The first-order valence-electron chi connectivity index (χ1n) is 3.47. The van der Waals surface area contributed by atoms with Gasteiger partial charge >= 0.3 is 6.18 Å². The van der Waals surface area contributed by atoms with Crippen molar-refractivity contribution >= 4 is 0 Å². The molecule has 0 aliphatic carbocycles. The van der Waals surface area contributed by atoms with E-state index >= 15 is 0 Å². The molecule has 0 aliphatic heterocycles. The molecule has 0 saturated heterocycles. The Labute approximate surface area is 100 Å². The first kappa shape index (κ1) is 13.1. The summed E-state index contributed by atoms with van der Waals surface area (Å²) < 4.78 is 36.2. The second-order valence-corrected chi connectivity index (χ2v) is 2.69. The first-order chi connectivity index (χ1) is 5.41. The quantitative estimate of drug-likeness (QED) is 0.630. The minimum atomic E-state index is -4.26. The van der Waals surface area contributed by atoms with Gasteiger partial charge in [-0.15, -0.1) is 0 Å². The Bertz CT molecular complexity index is 291. The van der Waals surface area contributed by atoms with Crippen LogP contribution in [-0.2, 0) is 38.9 Å². The second-order valence-electron chi connectivity index (χ2n) is 2.69. The average molecular weight is 262 g/mol. The van der Waals surface area contributed by atoms with Gasteiger partial charge in [-0.3, -0.25) is 0 Å². The van der Waals surface area contributed by atoms with Gasteiger partial charge in [0, 0.05) is 32.7 Å². The van der Waals surface area contributed by atoms with Gasteiger partial charge in [-0.25, -0.2) is 0 Å². The summed E-state index contributed by atoms with van der Waals surface area (Å²) in [5.41, 5.74) is 0.735. The maximum Gasteiger partial charge on any atom is 0.370 e. The van der Waals surface area contributed by atoms with Crippen LogP contribution < -0.4 is 0 Å². The standard InChI is InChI=1S/C9H8F3.Y/c1-6-3-4-8(5-7(6)2)9(10,11)12;/h4-5H,1-2H3;/q-1;. The second kappa shape index (κ2) is 4.56. The maximum absolute atomic E-state index is 12.1. The molecule has 0 amide bonds. The summed E-state index contributed by atoms with van der Waals surface area (Å²) in [6, 6.07) is 4.66. The van der Waals surface area contributed by atoms with Gasteiger partial charge in [0.05, 0.1) is 0 Å². The van der Waals surface area contributed by atoms with E-state index in [1.54, 1.807) is 13.8 Å². The van der Waals surface area contributed by atoms with E-state index in [0.717, 1.165) is 17.7 Å². The molecule has 0 bridgehead atoms. The van der Waals surface area contributed by atoms with Crippen molar-refractivity contribution in [2.45, 2.75) is 20.0 Å². The summed E-state index contributed by atoms with van der Waals surface area (Å²) in [5.74, 6) is 0. The van der Waals surface area contributed by atoms with E-state index in [-0.39, 0.29) is 32.7 Å². The predicted molar refractivity (Wildman–Crippen MR) is 39.8 cm³/mol. The van der Waals surface area contributed by atoms with Gasteiger partial charge in [0.1, 0.15) is 0 Å². The number of aryl methyl sites for hydroxylation is 2. The van der Waals surface area contributed by atoms with Gasteiger partial charge in [0.25, 0.3) is 0 Å². The fourth-order valence-corrected chi connectivity index (χ4v) is 0.847.